The number of anilines is 1. The van der Waals surface area contributed by atoms with Gasteiger partial charge in [0.1, 0.15) is 0 Å². The molecule has 0 amide bonds. The Kier molecular flexibility index (Phi) is 4.74. The summed E-state index contributed by atoms with van der Waals surface area (Å²) in [6, 6.07) is 0.324. The fourth-order valence-corrected chi connectivity index (χ4v) is 1.89. The van der Waals surface area contributed by atoms with Gasteiger partial charge in [0.05, 0.1) is 0 Å². The van der Waals surface area contributed by atoms with Crippen molar-refractivity contribution in [3.8, 4) is 0 Å². The third-order valence-electron chi connectivity index (χ3n) is 2.41. The van der Waals surface area contributed by atoms with Crippen LogP contribution in [0.2, 0.25) is 10.4 Å². The summed E-state index contributed by atoms with van der Waals surface area (Å²) in [5, 5.41) is 7.72. The molecule has 0 N–H and O–H groups in total. The molecule has 1 unspecified atom stereocenters. The third kappa shape index (κ3) is 3.46. The van der Waals surface area contributed by atoms with Gasteiger partial charge in [-0.15, -0.1) is 10.2 Å². The summed E-state index contributed by atoms with van der Waals surface area (Å²) in [5.41, 5.74) is 0. The summed E-state index contributed by atoms with van der Waals surface area (Å²) < 4.78 is 0. The Morgan fingerprint density at radius 2 is 1.81 bits per heavy atom. The molecule has 4 nitrogen and oxygen atoms in total. The first-order chi connectivity index (χ1) is 7.41. The topological polar surface area (TPSA) is 41.9 Å². The van der Waals surface area contributed by atoms with Crippen molar-refractivity contribution in [2.45, 2.75) is 33.2 Å². The highest BCUT2D eigenvalue weighted by atomic mass is 35.5. The average molecular weight is 263 g/mol. The number of hydrogen-bond acceptors (Lipinski definition) is 4. The molecule has 0 radical (unpaired) electrons. The Morgan fingerprint density at radius 3 is 2.38 bits per heavy atom. The van der Waals surface area contributed by atoms with Crippen LogP contribution >= 0.6 is 23.2 Å². The highest BCUT2D eigenvalue weighted by molar-refractivity contribution is 6.32. The van der Waals surface area contributed by atoms with E-state index >= 15 is 0 Å². The molecule has 1 aromatic rings. The van der Waals surface area contributed by atoms with Gasteiger partial charge in [-0.3, -0.25) is 0 Å². The molecule has 1 aromatic heterocycles. The first kappa shape index (κ1) is 13.5. The summed E-state index contributed by atoms with van der Waals surface area (Å²) in [6.45, 7) is 6.47. The maximum Gasteiger partial charge on any atom is 0.245 e. The van der Waals surface area contributed by atoms with Crippen LogP contribution in [0.1, 0.15) is 27.2 Å². The molecule has 1 rings (SSSR count). The zero-order valence-electron chi connectivity index (χ0n) is 9.91. The Bertz CT molecular complexity index is 357. The third-order valence-corrected chi connectivity index (χ3v) is 2.82. The van der Waals surface area contributed by atoms with Crippen LogP contribution in [0.4, 0.5) is 5.82 Å². The van der Waals surface area contributed by atoms with Gasteiger partial charge in [-0.2, -0.15) is 4.98 Å². The smallest absolute Gasteiger partial charge is 0.245 e. The second kappa shape index (κ2) is 5.64. The molecule has 90 valence electrons. The number of hydrogen-bond donors (Lipinski definition) is 0. The zero-order chi connectivity index (χ0) is 12.3. The second-order valence-corrected chi connectivity index (χ2v) is 4.98. The molecule has 0 aliphatic rings. The molecule has 0 saturated heterocycles. The van der Waals surface area contributed by atoms with E-state index in [1.165, 1.54) is 0 Å². The van der Waals surface area contributed by atoms with Crippen LogP contribution in [0.5, 0.6) is 0 Å². The summed E-state index contributed by atoms with van der Waals surface area (Å²) in [4.78, 5) is 6.06. The van der Waals surface area contributed by atoms with Crippen LogP contribution < -0.4 is 4.90 Å². The maximum absolute atomic E-state index is 5.94. The molecule has 0 bridgehead atoms. The van der Waals surface area contributed by atoms with Crippen molar-refractivity contribution in [1.29, 1.82) is 0 Å². The minimum atomic E-state index is 0.114. The number of aromatic nitrogens is 3. The molecule has 0 spiro atoms. The molecular weight excluding hydrogens is 247 g/mol. The van der Waals surface area contributed by atoms with E-state index in [-0.39, 0.29) is 10.4 Å². The molecule has 0 saturated carbocycles. The van der Waals surface area contributed by atoms with Gasteiger partial charge < -0.3 is 4.90 Å². The van der Waals surface area contributed by atoms with Crippen LogP contribution in [-0.2, 0) is 0 Å². The Balaban J connectivity index is 2.86. The summed E-state index contributed by atoms with van der Waals surface area (Å²) in [5.74, 6) is 1.19. The monoisotopic (exact) mass is 262 g/mol. The van der Waals surface area contributed by atoms with Crippen molar-refractivity contribution < 1.29 is 0 Å². The van der Waals surface area contributed by atoms with E-state index in [9.17, 15) is 0 Å². The van der Waals surface area contributed by atoms with Crippen molar-refractivity contribution in [2.24, 2.45) is 5.92 Å². The lowest BCUT2D eigenvalue weighted by molar-refractivity contribution is 0.501. The van der Waals surface area contributed by atoms with E-state index in [1.54, 1.807) is 0 Å². The van der Waals surface area contributed by atoms with E-state index in [4.69, 9.17) is 23.2 Å². The highest BCUT2D eigenvalue weighted by Gasteiger charge is 2.17. The number of halogens is 2. The van der Waals surface area contributed by atoms with Crippen molar-refractivity contribution in [3.05, 3.63) is 10.4 Å². The standard InChI is InChI=1S/C10H16Cl2N4/c1-6(2)5-7(3)16(4)9-8(11)14-15-10(12)13-9/h6-7H,5H2,1-4H3. The quantitative estimate of drug-likeness (QED) is 0.837. The number of nitrogens with zero attached hydrogens (tertiary/aromatic N) is 4. The molecule has 1 heterocycles. The first-order valence-corrected chi connectivity index (χ1v) is 5.96. The molecule has 0 fully saturated rings. The van der Waals surface area contributed by atoms with Crippen LogP contribution in [0, 0.1) is 5.92 Å². The second-order valence-electron chi connectivity index (χ2n) is 4.28. The zero-order valence-corrected chi connectivity index (χ0v) is 11.4. The number of rotatable bonds is 4. The minimum absolute atomic E-state index is 0.114. The maximum atomic E-state index is 5.94. The van der Waals surface area contributed by atoms with Gasteiger partial charge in [0, 0.05) is 13.1 Å². The first-order valence-electron chi connectivity index (χ1n) is 5.20. The Hall–Kier alpha value is -0.610. The molecule has 0 aliphatic heterocycles. The Morgan fingerprint density at radius 1 is 1.19 bits per heavy atom. The van der Waals surface area contributed by atoms with E-state index < -0.39 is 0 Å². The van der Waals surface area contributed by atoms with Gasteiger partial charge in [-0.05, 0) is 30.9 Å². The predicted molar refractivity (Wildman–Crippen MR) is 67.2 cm³/mol. The fourth-order valence-electron chi connectivity index (χ4n) is 1.56. The summed E-state index contributed by atoms with van der Waals surface area (Å²) in [6.07, 6.45) is 1.05. The van der Waals surface area contributed by atoms with Gasteiger partial charge in [-0.25, -0.2) is 0 Å². The van der Waals surface area contributed by atoms with Crippen molar-refractivity contribution in [1.82, 2.24) is 15.2 Å². The molecular formula is C10H16Cl2N4. The van der Waals surface area contributed by atoms with Gasteiger partial charge >= 0.3 is 0 Å². The van der Waals surface area contributed by atoms with Crippen molar-refractivity contribution in [2.75, 3.05) is 11.9 Å². The molecule has 6 heteroatoms. The molecule has 0 aliphatic carbocycles. The minimum Gasteiger partial charge on any atom is -0.354 e. The lowest BCUT2D eigenvalue weighted by Crippen LogP contribution is -2.31. The van der Waals surface area contributed by atoms with Crippen LogP contribution in [0.3, 0.4) is 0 Å². The SMILES string of the molecule is CC(C)CC(C)N(C)c1nc(Cl)nnc1Cl. The van der Waals surface area contributed by atoms with Gasteiger partial charge in [0.2, 0.25) is 5.28 Å². The van der Waals surface area contributed by atoms with Crippen LogP contribution in [0.25, 0.3) is 0 Å². The predicted octanol–water partition coefficient (Wildman–Crippen LogP) is 3.05. The normalized spacial score (nSPS) is 12.9. The molecule has 16 heavy (non-hydrogen) atoms. The Labute approximate surface area is 106 Å². The van der Waals surface area contributed by atoms with E-state index in [0.717, 1.165) is 6.42 Å². The van der Waals surface area contributed by atoms with Crippen molar-refractivity contribution in [3.63, 3.8) is 0 Å². The summed E-state index contributed by atoms with van der Waals surface area (Å²) >= 11 is 11.6. The molecule has 0 aromatic carbocycles. The fraction of sp³-hybridized carbons (Fsp3) is 0.700. The van der Waals surface area contributed by atoms with Crippen LogP contribution in [0.15, 0.2) is 0 Å². The van der Waals surface area contributed by atoms with Gasteiger partial charge in [-0.1, -0.05) is 25.4 Å². The van der Waals surface area contributed by atoms with E-state index in [0.29, 0.717) is 17.8 Å². The largest absolute Gasteiger partial charge is 0.354 e. The average Bonchev–Trinajstić information content (AvgIpc) is 2.19. The summed E-state index contributed by atoms with van der Waals surface area (Å²) in [7, 11) is 1.93. The highest BCUT2D eigenvalue weighted by Crippen LogP contribution is 2.23. The van der Waals surface area contributed by atoms with Crippen molar-refractivity contribution >= 4 is 29.0 Å². The van der Waals surface area contributed by atoms with Gasteiger partial charge in [0.25, 0.3) is 0 Å². The lowest BCUT2D eigenvalue weighted by atomic mass is 10.0. The van der Waals surface area contributed by atoms with E-state index in [2.05, 4.69) is 36.0 Å². The molecule has 1 atom stereocenters. The van der Waals surface area contributed by atoms with Crippen LogP contribution in [-0.4, -0.2) is 28.3 Å². The lowest BCUT2D eigenvalue weighted by Gasteiger charge is -2.27. The van der Waals surface area contributed by atoms with Gasteiger partial charge in [0.15, 0.2) is 11.0 Å². The van der Waals surface area contributed by atoms with E-state index in [1.807, 2.05) is 11.9 Å².